The maximum atomic E-state index is 12.6. The Bertz CT molecular complexity index is 937. The van der Waals surface area contributed by atoms with Gasteiger partial charge in [0.15, 0.2) is 0 Å². The fraction of sp³-hybridized carbons (Fsp3) is 0.476. The van der Waals surface area contributed by atoms with E-state index in [9.17, 15) is 9.59 Å². The number of anilines is 1. The lowest BCUT2D eigenvalue weighted by Crippen LogP contribution is -3.06. The van der Waals surface area contributed by atoms with E-state index in [2.05, 4.69) is 24.4 Å². The number of hydrogen-bond donors (Lipinski definition) is 2. The van der Waals surface area contributed by atoms with Gasteiger partial charge >= 0.3 is 5.69 Å². The number of amides is 1. The summed E-state index contributed by atoms with van der Waals surface area (Å²) in [6.07, 6.45) is 2.88. The Hall–Kier alpha value is -2.12. The maximum Gasteiger partial charge on any atom is 0.349 e. The number of nitrogens with one attached hydrogen (secondary N) is 2. The lowest BCUT2D eigenvalue weighted by atomic mass is 10.1. The summed E-state index contributed by atoms with van der Waals surface area (Å²) in [6, 6.07) is 6.00. The Balaban J connectivity index is 1.72. The van der Waals surface area contributed by atoms with Gasteiger partial charge in [-0.1, -0.05) is 23.9 Å². The highest BCUT2D eigenvalue weighted by atomic mass is 32.2. The Morgan fingerprint density at radius 2 is 2.07 bits per heavy atom. The van der Waals surface area contributed by atoms with E-state index in [0.29, 0.717) is 6.54 Å². The van der Waals surface area contributed by atoms with Crippen molar-refractivity contribution in [3.63, 3.8) is 0 Å². The van der Waals surface area contributed by atoms with Crippen LogP contribution in [0.25, 0.3) is 0 Å². The van der Waals surface area contributed by atoms with Crippen molar-refractivity contribution < 1.29 is 9.69 Å². The monoisotopic (exact) mass is 401 g/mol. The molecule has 0 spiro atoms. The third kappa shape index (κ3) is 4.83. The predicted octanol–water partition coefficient (Wildman–Crippen LogP) is 1.22. The fourth-order valence-corrected chi connectivity index (χ4v) is 4.34. The summed E-state index contributed by atoms with van der Waals surface area (Å²) in [4.78, 5) is 30.6. The number of benzene rings is 1. The quantitative estimate of drug-likeness (QED) is 0.541. The zero-order chi connectivity index (χ0) is 20.3. The summed E-state index contributed by atoms with van der Waals surface area (Å²) >= 11 is 1.37. The summed E-state index contributed by atoms with van der Waals surface area (Å²) in [5.41, 5.74) is 5.05. The SMILES string of the molecule is Cc1ccc(C)c(NC(=O)CSc2nc(=O)n(CC[NH+](C)C)c3c2CCC3)c1. The number of quaternary nitrogens is 1. The van der Waals surface area contributed by atoms with Crippen molar-refractivity contribution in [3.05, 3.63) is 51.1 Å². The standard InChI is InChI=1S/C21H28N4O2S/c1-14-8-9-15(2)17(12-14)22-19(26)13-28-20-16-6-5-7-18(16)25(21(27)23-20)11-10-24(3)4/h8-9,12H,5-7,10-11,13H2,1-4H3,(H,22,26)/p+1. The number of rotatable bonds is 7. The van der Waals surface area contributed by atoms with Gasteiger partial charge in [0.25, 0.3) is 0 Å². The number of hydrogen-bond acceptors (Lipinski definition) is 4. The van der Waals surface area contributed by atoms with E-state index in [1.54, 1.807) is 0 Å². The van der Waals surface area contributed by atoms with Crippen LogP contribution >= 0.6 is 11.8 Å². The first-order chi connectivity index (χ1) is 13.3. The molecule has 1 heterocycles. The van der Waals surface area contributed by atoms with Gasteiger partial charge in [-0.15, -0.1) is 0 Å². The maximum absolute atomic E-state index is 12.6. The minimum absolute atomic E-state index is 0.0763. The van der Waals surface area contributed by atoms with E-state index in [-0.39, 0.29) is 17.3 Å². The zero-order valence-corrected chi connectivity index (χ0v) is 17.9. The van der Waals surface area contributed by atoms with E-state index in [1.807, 2.05) is 36.6 Å². The highest BCUT2D eigenvalue weighted by Crippen LogP contribution is 2.29. The van der Waals surface area contributed by atoms with E-state index in [4.69, 9.17) is 0 Å². The third-order valence-corrected chi connectivity index (χ3v) is 6.06. The number of aryl methyl sites for hydroxylation is 2. The summed E-state index contributed by atoms with van der Waals surface area (Å²) in [6.45, 7) is 5.56. The molecule has 2 N–H and O–H groups in total. The molecule has 150 valence electrons. The van der Waals surface area contributed by atoms with Crippen LogP contribution in [0.4, 0.5) is 5.69 Å². The van der Waals surface area contributed by atoms with Crippen LogP contribution < -0.4 is 15.9 Å². The second-order valence-electron chi connectivity index (χ2n) is 7.74. The van der Waals surface area contributed by atoms with Crippen LogP contribution in [0, 0.1) is 13.8 Å². The average Bonchev–Trinajstić information content (AvgIpc) is 3.11. The van der Waals surface area contributed by atoms with Crippen molar-refractivity contribution in [2.45, 2.75) is 44.7 Å². The van der Waals surface area contributed by atoms with Crippen molar-refractivity contribution in [2.24, 2.45) is 0 Å². The predicted molar refractivity (Wildman–Crippen MR) is 113 cm³/mol. The number of aromatic nitrogens is 2. The molecule has 1 aromatic carbocycles. The van der Waals surface area contributed by atoms with Crippen LogP contribution in [0.2, 0.25) is 0 Å². The van der Waals surface area contributed by atoms with Gasteiger partial charge in [0.05, 0.1) is 32.9 Å². The van der Waals surface area contributed by atoms with Gasteiger partial charge in [-0.05, 0) is 50.3 Å². The lowest BCUT2D eigenvalue weighted by Gasteiger charge is -2.15. The first-order valence-electron chi connectivity index (χ1n) is 9.76. The molecule has 3 rings (SSSR count). The molecule has 2 aromatic rings. The second-order valence-corrected chi connectivity index (χ2v) is 8.71. The van der Waals surface area contributed by atoms with E-state index in [1.165, 1.54) is 16.7 Å². The molecule has 0 fully saturated rings. The number of carbonyl (C=O) groups excluding carboxylic acids is 1. The van der Waals surface area contributed by atoms with Gasteiger partial charge in [0.2, 0.25) is 5.91 Å². The van der Waals surface area contributed by atoms with Crippen molar-refractivity contribution in [2.75, 3.05) is 31.7 Å². The number of thioether (sulfide) groups is 1. The third-order valence-electron chi connectivity index (χ3n) is 5.04. The van der Waals surface area contributed by atoms with Gasteiger partial charge < -0.3 is 10.2 Å². The van der Waals surface area contributed by atoms with Crippen LogP contribution in [0.5, 0.6) is 0 Å². The van der Waals surface area contributed by atoms with Crippen LogP contribution in [-0.4, -0.2) is 41.9 Å². The molecule has 6 nitrogen and oxygen atoms in total. The summed E-state index contributed by atoms with van der Waals surface area (Å²) < 4.78 is 1.83. The van der Waals surface area contributed by atoms with Crippen molar-refractivity contribution >= 4 is 23.4 Å². The molecule has 0 bridgehead atoms. The smallest absolute Gasteiger partial charge is 0.338 e. The molecular weight excluding hydrogens is 372 g/mol. The van der Waals surface area contributed by atoms with Crippen LogP contribution in [0.3, 0.4) is 0 Å². The van der Waals surface area contributed by atoms with Gasteiger partial charge in [-0.3, -0.25) is 9.36 Å². The summed E-state index contributed by atoms with van der Waals surface area (Å²) in [5.74, 6) is 0.172. The first kappa shape index (κ1) is 20.6. The molecule has 0 saturated carbocycles. The molecule has 0 aliphatic heterocycles. The Morgan fingerprint density at radius 1 is 1.29 bits per heavy atom. The lowest BCUT2D eigenvalue weighted by molar-refractivity contribution is -0.859. The van der Waals surface area contributed by atoms with Gasteiger partial charge in [-0.25, -0.2) is 4.79 Å². The minimum atomic E-state index is -0.195. The molecule has 1 aliphatic rings. The van der Waals surface area contributed by atoms with Crippen molar-refractivity contribution in [3.8, 4) is 0 Å². The molecule has 1 aromatic heterocycles. The number of fused-ring (bicyclic) bond motifs is 1. The molecule has 0 unspecified atom stereocenters. The zero-order valence-electron chi connectivity index (χ0n) is 17.1. The van der Waals surface area contributed by atoms with Crippen molar-refractivity contribution in [1.29, 1.82) is 0 Å². The first-order valence-corrected chi connectivity index (χ1v) is 10.7. The molecule has 0 atom stereocenters. The fourth-order valence-electron chi connectivity index (χ4n) is 3.46. The number of nitrogens with zero attached hydrogens (tertiary/aromatic N) is 2. The van der Waals surface area contributed by atoms with Gasteiger partial charge in [0.1, 0.15) is 5.03 Å². The molecule has 0 radical (unpaired) electrons. The van der Waals surface area contributed by atoms with Crippen molar-refractivity contribution in [1.82, 2.24) is 9.55 Å². The van der Waals surface area contributed by atoms with Gasteiger partial charge in [0, 0.05) is 16.9 Å². The topological polar surface area (TPSA) is 68.4 Å². The van der Waals surface area contributed by atoms with Gasteiger partial charge in [-0.2, -0.15) is 4.98 Å². The van der Waals surface area contributed by atoms with Crippen LogP contribution in [0.1, 0.15) is 28.8 Å². The molecule has 1 amide bonds. The molecule has 28 heavy (non-hydrogen) atoms. The Kier molecular flexibility index (Phi) is 6.57. The van der Waals surface area contributed by atoms with E-state index < -0.39 is 0 Å². The summed E-state index contributed by atoms with van der Waals surface area (Å²) in [5, 5.41) is 3.70. The highest BCUT2D eigenvalue weighted by molar-refractivity contribution is 8.00. The Morgan fingerprint density at radius 3 is 2.82 bits per heavy atom. The number of carbonyl (C=O) groups is 1. The van der Waals surface area contributed by atoms with Crippen LogP contribution in [-0.2, 0) is 24.2 Å². The second kappa shape index (κ2) is 8.92. The Labute approximate surface area is 170 Å². The van der Waals surface area contributed by atoms with E-state index in [0.717, 1.165) is 58.9 Å². The molecule has 0 saturated heterocycles. The minimum Gasteiger partial charge on any atom is -0.338 e. The van der Waals surface area contributed by atoms with Crippen LogP contribution in [0.15, 0.2) is 28.0 Å². The number of likely N-dealkylation sites (N-methyl/N-ethyl adjacent to an activating group) is 1. The van der Waals surface area contributed by atoms with E-state index >= 15 is 0 Å². The largest absolute Gasteiger partial charge is 0.349 e. The molecule has 1 aliphatic carbocycles. The average molecular weight is 402 g/mol. The highest BCUT2D eigenvalue weighted by Gasteiger charge is 2.22. The normalized spacial score (nSPS) is 13.0. The molecule has 7 heteroatoms. The molecular formula is C21H29N4O2S+. The summed E-state index contributed by atoms with van der Waals surface area (Å²) in [7, 11) is 4.16.